The number of aromatic nitrogens is 2. The molecule has 3 aromatic rings. The van der Waals surface area contributed by atoms with E-state index in [1.807, 2.05) is 51.1 Å². The van der Waals surface area contributed by atoms with Crippen molar-refractivity contribution in [2.24, 2.45) is 0 Å². The van der Waals surface area contributed by atoms with Gasteiger partial charge in [0.15, 0.2) is 5.16 Å². The maximum Gasteiger partial charge on any atom is 0.243 e. The largest absolute Gasteiger partial charge is 0.346 e. The maximum absolute atomic E-state index is 12.4. The first-order valence-corrected chi connectivity index (χ1v) is 12.1. The van der Waals surface area contributed by atoms with Gasteiger partial charge in [-0.05, 0) is 50.5 Å². The lowest BCUT2D eigenvalue weighted by molar-refractivity contribution is -0.122. The summed E-state index contributed by atoms with van der Waals surface area (Å²) in [5.74, 6) is -0.202. The molecule has 32 heavy (non-hydrogen) atoms. The van der Waals surface area contributed by atoms with Crippen molar-refractivity contribution in [2.75, 3.05) is 17.6 Å². The van der Waals surface area contributed by atoms with Crippen LogP contribution in [0.4, 0.5) is 5.69 Å². The summed E-state index contributed by atoms with van der Waals surface area (Å²) in [4.78, 5) is 29.4. The molecule has 7 heteroatoms. The molecule has 0 aliphatic heterocycles. The van der Waals surface area contributed by atoms with E-state index in [4.69, 9.17) is 4.98 Å². The van der Waals surface area contributed by atoms with E-state index in [1.165, 1.54) is 11.8 Å². The Morgan fingerprint density at radius 1 is 1.03 bits per heavy atom. The Morgan fingerprint density at radius 2 is 1.75 bits per heavy atom. The van der Waals surface area contributed by atoms with Gasteiger partial charge in [0.2, 0.25) is 11.8 Å². The van der Waals surface area contributed by atoms with Crippen LogP contribution < -0.4 is 10.6 Å². The van der Waals surface area contributed by atoms with Crippen LogP contribution in [0.1, 0.15) is 42.9 Å². The minimum Gasteiger partial charge on any atom is -0.346 e. The van der Waals surface area contributed by atoms with Gasteiger partial charge in [-0.25, -0.2) is 4.98 Å². The molecule has 0 aliphatic carbocycles. The number of hydrogen-bond donors (Lipinski definition) is 2. The van der Waals surface area contributed by atoms with Crippen LogP contribution in [-0.4, -0.2) is 33.7 Å². The minimum absolute atomic E-state index is 0.0565. The predicted octanol–water partition coefficient (Wildman–Crippen LogP) is 5.00. The summed E-state index contributed by atoms with van der Waals surface area (Å²) in [6.07, 6.45) is 3.39. The molecule has 0 saturated heterocycles. The van der Waals surface area contributed by atoms with Crippen molar-refractivity contribution in [2.45, 2.75) is 58.7 Å². The van der Waals surface area contributed by atoms with Crippen molar-refractivity contribution in [3.8, 4) is 0 Å². The molecule has 0 bridgehead atoms. The lowest BCUT2D eigenvalue weighted by Crippen LogP contribution is -2.34. The first-order valence-electron chi connectivity index (χ1n) is 11.1. The fourth-order valence-corrected chi connectivity index (χ4v) is 4.69. The second-order valence-electron chi connectivity index (χ2n) is 8.13. The van der Waals surface area contributed by atoms with E-state index in [0.29, 0.717) is 0 Å². The number of amides is 2. The number of carbonyl (C=O) groups is 2. The number of imidazole rings is 1. The molecule has 0 saturated carbocycles. The van der Waals surface area contributed by atoms with Crippen LogP contribution in [-0.2, 0) is 16.1 Å². The quantitative estimate of drug-likeness (QED) is 0.335. The monoisotopic (exact) mass is 452 g/mol. The van der Waals surface area contributed by atoms with Crippen LogP contribution in [0.3, 0.4) is 0 Å². The van der Waals surface area contributed by atoms with Gasteiger partial charge in [0.1, 0.15) is 0 Å². The van der Waals surface area contributed by atoms with Gasteiger partial charge >= 0.3 is 0 Å². The van der Waals surface area contributed by atoms with Crippen molar-refractivity contribution >= 4 is 40.3 Å². The van der Waals surface area contributed by atoms with E-state index >= 15 is 0 Å². The highest BCUT2D eigenvalue weighted by atomic mass is 32.2. The Bertz CT molecular complexity index is 1080. The van der Waals surface area contributed by atoms with Gasteiger partial charge in [-0.3, -0.25) is 9.59 Å². The Labute approximate surface area is 194 Å². The van der Waals surface area contributed by atoms with E-state index in [2.05, 4.69) is 28.2 Å². The van der Waals surface area contributed by atoms with Gasteiger partial charge in [0.25, 0.3) is 0 Å². The molecular weight excluding hydrogens is 420 g/mol. The second-order valence-corrected chi connectivity index (χ2v) is 9.07. The smallest absolute Gasteiger partial charge is 0.243 e. The molecule has 0 spiro atoms. The predicted molar refractivity (Wildman–Crippen MR) is 132 cm³/mol. The van der Waals surface area contributed by atoms with Crippen molar-refractivity contribution in [3.05, 3.63) is 53.1 Å². The maximum atomic E-state index is 12.4. The number of anilines is 1. The summed E-state index contributed by atoms with van der Waals surface area (Å²) in [7, 11) is 0. The van der Waals surface area contributed by atoms with E-state index in [9.17, 15) is 9.59 Å². The summed E-state index contributed by atoms with van der Waals surface area (Å²) < 4.78 is 2.19. The number of nitrogens with zero attached hydrogens (tertiary/aromatic N) is 2. The number of carbonyl (C=O) groups excluding carboxylic acids is 2. The Kier molecular flexibility index (Phi) is 8.33. The Morgan fingerprint density at radius 3 is 2.47 bits per heavy atom. The molecule has 2 N–H and O–H groups in total. The highest BCUT2D eigenvalue weighted by molar-refractivity contribution is 7.99. The van der Waals surface area contributed by atoms with Crippen LogP contribution in [0, 0.1) is 20.8 Å². The lowest BCUT2D eigenvalue weighted by Gasteiger charge is -2.13. The second kappa shape index (κ2) is 11.2. The fourth-order valence-electron chi connectivity index (χ4n) is 3.82. The molecule has 2 amide bonds. The molecule has 3 rings (SSSR count). The molecule has 0 unspecified atom stereocenters. The number of fused-ring (bicyclic) bond motifs is 1. The highest BCUT2D eigenvalue weighted by Gasteiger charge is 2.14. The van der Waals surface area contributed by atoms with Gasteiger partial charge in [-0.15, -0.1) is 0 Å². The summed E-state index contributed by atoms with van der Waals surface area (Å²) in [5, 5.41) is 6.47. The average Bonchev–Trinajstić information content (AvgIpc) is 3.11. The Hall–Kier alpha value is -2.80. The molecule has 2 aromatic carbocycles. The van der Waals surface area contributed by atoms with E-state index in [-0.39, 0.29) is 24.1 Å². The van der Waals surface area contributed by atoms with Gasteiger partial charge in [0, 0.05) is 12.2 Å². The minimum atomic E-state index is -0.231. The van der Waals surface area contributed by atoms with Crippen LogP contribution >= 0.6 is 11.8 Å². The molecule has 0 atom stereocenters. The molecule has 0 fully saturated rings. The lowest BCUT2D eigenvalue weighted by atomic mass is 10.1. The molecule has 1 heterocycles. The number of rotatable bonds is 10. The summed E-state index contributed by atoms with van der Waals surface area (Å²) >= 11 is 1.41. The molecular formula is C25H32N4O2S. The number of para-hydroxylation sites is 2. The fraction of sp³-hybridized carbons (Fsp3) is 0.400. The summed E-state index contributed by atoms with van der Waals surface area (Å²) in [6.45, 7) is 8.98. The van der Waals surface area contributed by atoms with Crippen LogP contribution in [0.15, 0.2) is 41.6 Å². The third-order valence-electron chi connectivity index (χ3n) is 5.32. The highest BCUT2D eigenvalue weighted by Crippen LogP contribution is 2.25. The standard InChI is InChI=1S/C25H32N4O2S/c1-5-6-9-12-29-21-11-8-7-10-20(21)27-25(29)32-16-23(31)26-15-22(30)28-24-18(3)13-17(2)14-19(24)4/h7-8,10-11,13-14H,5-6,9,12,15-16H2,1-4H3,(H,26,31)(H,28,30). The molecule has 0 radical (unpaired) electrons. The van der Waals surface area contributed by atoms with Crippen LogP contribution in [0.25, 0.3) is 11.0 Å². The number of hydrogen-bond acceptors (Lipinski definition) is 4. The third kappa shape index (κ3) is 6.13. The summed E-state index contributed by atoms with van der Waals surface area (Å²) in [6, 6.07) is 12.1. The topological polar surface area (TPSA) is 76.0 Å². The van der Waals surface area contributed by atoms with Gasteiger partial charge in [0.05, 0.1) is 23.3 Å². The molecule has 0 aliphatic rings. The number of unbranched alkanes of at least 4 members (excludes halogenated alkanes) is 2. The Balaban J connectivity index is 1.55. The zero-order valence-electron chi connectivity index (χ0n) is 19.3. The van der Waals surface area contributed by atoms with E-state index in [1.54, 1.807) is 0 Å². The molecule has 6 nitrogen and oxygen atoms in total. The van der Waals surface area contributed by atoms with Gasteiger partial charge < -0.3 is 15.2 Å². The molecule has 1 aromatic heterocycles. The number of aryl methyl sites for hydroxylation is 4. The van der Waals surface area contributed by atoms with E-state index in [0.717, 1.165) is 64.4 Å². The molecule has 170 valence electrons. The van der Waals surface area contributed by atoms with Crippen LogP contribution in [0.2, 0.25) is 0 Å². The van der Waals surface area contributed by atoms with Crippen molar-refractivity contribution in [3.63, 3.8) is 0 Å². The SMILES string of the molecule is CCCCCn1c(SCC(=O)NCC(=O)Nc2c(C)cc(C)cc2C)nc2ccccc21. The zero-order valence-corrected chi connectivity index (χ0v) is 20.1. The third-order valence-corrected chi connectivity index (χ3v) is 6.30. The average molecular weight is 453 g/mol. The number of nitrogens with one attached hydrogen (secondary N) is 2. The van der Waals surface area contributed by atoms with Crippen LogP contribution in [0.5, 0.6) is 0 Å². The van der Waals surface area contributed by atoms with Crippen molar-refractivity contribution < 1.29 is 9.59 Å². The van der Waals surface area contributed by atoms with Crippen molar-refractivity contribution in [1.29, 1.82) is 0 Å². The zero-order chi connectivity index (χ0) is 23.1. The van der Waals surface area contributed by atoms with Crippen molar-refractivity contribution in [1.82, 2.24) is 14.9 Å². The number of benzene rings is 2. The van der Waals surface area contributed by atoms with Gasteiger partial charge in [-0.1, -0.05) is 61.4 Å². The van der Waals surface area contributed by atoms with Gasteiger partial charge in [-0.2, -0.15) is 0 Å². The summed E-state index contributed by atoms with van der Waals surface area (Å²) in [5.41, 5.74) is 6.03. The van der Waals surface area contributed by atoms with E-state index < -0.39 is 0 Å². The first-order chi connectivity index (χ1) is 15.4. The number of thioether (sulfide) groups is 1. The first kappa shape index (κ1) is 23.9. The normalized spacial score (nSPS) is 11.0.